The molecule has 7 nitrogen and oxygen atoms in total. The average molecular weight is 355 g/mol. The van der Waals surface area contributed by atoms with Gasteiger partial charge in [-0.25, -0.2) is 0 Å². The smallest absolute Gasteiger partial charge is 0.310 e. The molecule has 26 heavy (non-hydrogen) atoms. The van der Waals surface area contributed by atoms with Crippen molar-refractivity contribution in [3.63, 3.8) is 0 Å². The monoisotopic (exact) mass is 355 g/mol. The lowest BCUT2D eigenvalue weighted by Crippen LogP contribution is -2.32. The molecule has 1 heterocycles. The van der Waals surface area contributed by atoms with E-state index in [9.17, 15) is 14.9 Å². The fraction of sp³-hybridized carbons (Fsp3) is 0.316. The second kappa shape index (κ2) is 7.97. The highest BCUT2D eigenvalue weighted by Crippen LogP contribution is 2.28. The number of nitro groups is 1. The van der Waals surface area contributed by atoms with Crippen molar-refractivity contribution in [3.8, 4) is 5.75 Å². The number of likely N-dealkylation sites (tertiary alicyclic amines) is 1. The minimum atomic E-state index is -0.499. The van der Waals surface area contributed by atoms with Gasteiger partial charge in [0.05, 0.1) is 18.0 Å². The van der Waals surface area contributed by atoms with Gasteiger partial charge in [-0.2, -0.15) is 0 Å². The van der Waals surface area contributed by atoms with Gasteiger partial charge in [0.1, 0.15) is 0 Å². The lowest BCUT2D eigenvalue weighted by molar-refractivity contribution is -0.385. The van der Waals surface area contributed by atoms with E-state index in [4.69, 9.17) is 10.5 Å². The van der Waals surface area contributed by atoms with E-state index in [1.165, 1.54) is 12.1 Å². The number of nitrogens with zero attached hydrogens (tertiary/aromatic N) is 2. The van der Waals surface area contributed by atoms with Gasteiger partial charge in [-0.05, 0) is 11.6 Å². The van der Waals surface area contributed by atoms with Gasteiger partial charge in [0.25, 0.3) is 0 Å². The molecule has 0 radical (unpaired) electrons. The van der Waals surface area contributed by atoms with Crippen LogP contribution in [0.4, 0.5) is 5.69 Å². The van der Waals surface area contributed by atoms with Crippen LogP contribution in [-0.4, -0.2) is 41.5 Å². The molecule has 0 saturated carbocycles. The van der Waals surface area contributed by atoms with E-state index in [0.717, 1.165) is 5.56 Å². The van der Waals surface area contributed by atoms with E-state index < -0.39 is 4.92 Å². The maximum Gasteiger partial charge on any atom is 0.310 e. The molecule has 2 aromatic carbocycles. The summed E-state index contributed by atoms with van der Waals surface area (Å²) in [7, 11) is 0. The Hall–Kier alpha value is -2.93. The predicted molar refractivity (Wildman–Crippen MR) is 96.9 cm³/mol. The lowest BCUT2D eigenvalue weighted by Gasteiger charge is -2.16. The van der Waals surface area contributed by atoms with Crippen LogP contribution >= 0.6 is 0 Å². The van der Waals surface area contributed by atoms with Crippen LogP contribution in [-0.2, 0) is 4.79 Å². The Labute approximate surface area is 151 Å². The molecule has 0 unspecified atom stereocenters. The van der Waals surface area contributed by atoms with Gasteiger partial charge in [0.15, 0.2) is 5.75 Å². The van der Waals surface area contributed by atoms with Crippen molar-refractivity contribution in [2.24, 2.45) is 5.73 Å². The summed E-state index contributed by atoms with van der Waals surface area (Å²) in [6.45, 7) is 1.17. The number of ether oxygens (including phenoxy) is 1. The van der Waals surface area contributed by atoms with Crippen molar-refractivity contribution in [1.29, 1.82) is 0 Å². The largest absolute Gasteiger partial charge is 0.486 e. The van der Waals surface area contributed by atoms with Crippen molar-refractivity contribution < 1.29 is 14.5 Å². The van der Waals surface area contributed by atoms with E-state index >= 15 is 0 Å². The fourth-order valence-electron chi connectivity index (χ4n) is 3.22. The highest BCUT2D eigenvalue weighted by molar-refractivity contribution is 5.77. The first-order chi connectivity index (χ1) is 12.6. The summed E-state index contributed by atoms with van der Waals surface area (Å²) in [5.74, 6) is 0.235. The SMILES string of the molecule is N[C@@H]1CN(C(=O)CCOc2ccccc2[N+](=O)[O-])C[C@H]1c1ccccc1. The highest BCUT2D eigenvalue weighted by atomic mass is 16.6. The maximum atomic E-state index is 12.4. The molecule has 3 rings (SSSR count). The zero-order valence-electron chi connectivity index (χ0n) is 14.3. The molecule has 7 heteroatoms. The van der Waals surface area contributed by atoms with E-state index in [-0.39, 0.29) is 42.3 Å². The molecule has 2 N–H and O–H groups in total. The number of nitro benzene ring substituents is 1. The van der Waals surface area contributed by atoms with Crippen LogP contribution < -0.4 is 10.5 Å². The Morgan fingerprint density at radius 3 is 2.58 bits per heavy atom. The zero-order chi connectivity index (χ0) is 18.5. The third kappa shape index (κ3) is 4.00. The lowest BCUT2D eigenvalue weighted by atomic mass is 9.95. The molecule has 0 aliphatic carbocycles. The molecule has 136 valence electrons. The summed E-state index contributed by atoms with van der Waals surface area (Å²) in [5.41, 5.74) is 7.24. The molecule has 2 atom stereocenters. The third-order valence-corrected chi connectivity index (χ3v) is 4.58. The topological polar surface area (TPSA) is 98.7 Å². The number of carbonyl (C=O) groups is 1. The molecule has 0 spiro atoms. The summed E-state index contributed by atoms with van der Waals surface area (Å²) in [6, 6.07) is 16.0. The quantitative estimate of drug-likeness (QED) is 0.633. The average Bonchev–Trinajstić information content (AvgIpc) is 3.04. The Morgan fingerprint density at radius 1 is 1.15 bits per heavy atom. The predicted octanol–water partition coefficient (Wildman–Crippen LogP) is 2.32. The van der Waals surface area contributed by atoms with Gasteiger partial charge < -0.3 is 15.4 Å². The summed E-state index contributed by atoms with van der Waals surface area (Å²) in [5, 5.41) is 11.0. The number of para-hydroxylation sites is 2. The molecule has 1 saturated heterocycles. The van der Waals surface area contributed by atoms with Crippen molar-refractivity contribution in [1.82, 2.24) is 4.90 Å². The number of amides is 1. The number of carbonyl (C=O) groups excluding carboxylic acids is 1. The molecule has 0 aromatic heterocycles. The van der Waals surface area contributed by atoms with Gasteiger partial charge in [-0.15, -0.1) is 0 Å². The van der Waals surface area contributed by atoms with Crippen LogP contribution in [0, 0.1) is 10.1 Å². The molecular formula is C19H21N3O4. The molecule has 2 aromatic rings. The Bertz CT molecular complexity index is 781. The normalized spacial score (nSPS) is 19.3. The van der Waals surface area contributed by atoms with Gasteiger partial charge in [0, 0.05) is 31.1 Å². The molecule has 0 bridgehead atoms. The first-order valence-corrected chi connectivity index (χ1v) is 8.51. The minimum absolute atomic E-state index is 0.0579. The van der Waals surface area contributed by atoms with E-state index in [0.29, 0.717) is 13.1 Å². The molecule has 1 aliphatic heterocycles. The summed E-state index contributed by atoms with van der Waals surface area (Å²) in [4.78, 5) is 24.6. The summed E-state index contributed by atoms with van der Waals surface area (Å²) in [6.07, 6.45) is 0.153. The van der Waals surface area contributed by atoms with E-state index in [2.05, 4.69) is 0 Å². The second-order valence-corrected chi connectivity index (χ2v) is 6.30. The molecule has 1 aliphatic rings. The molecular weight excluding hydrogens is 334 g/mol. The first kappa shape index (κ1) is 17.9. The Balaban J connectivity index is 1.54. The van der Waals surface area contributed by atoms with E-state index in [1.807, 2.05) is 30.3 Å². The van der Waals surface area contributed by atoms with Crippen molar-refractivity contribution in [3.05, 3.63) is 70.3 Å². The number of rotatable bonds is 6. The van der Waals surface area contributed by atoms with Crippen molar-refractivity contribution in [2.45, 2.75) is 18.4 Å². The molecule has 1 amide bonds. The standard InChI is InChI=1S/C19H21N3O4/c20-16-13-21(12-15(16)14-6-2-1-3-7-14)19(23)10-11-26-18-9-5-4-8-17(18)22(24)25/h1-9,15-16H,10-13,20H2/t15-,16+/m0/s1. The van der Waals surface area contributed by atoms with Gasteiger partial charge in [-0.1, -0.05) is 42.5 Å². The van der Waals surface area contributed by atoms with Crippen LogP contribution in [0.1, 0.15) is 17.9 Å². The van der Waals surface area contributed by atoms with Gasteiger partial charge in [0.2, 0.25) is 5.91 Å². The molecule has 1 fully saturated rings. The first-order valence-electron chi connectivity index (χ1n) is 8.51. The van der Waals surface area contributed by atoms with Crippen molar-refractivity contribution in [2.75, 3.05) is 19.7 Å². The van der Waals surface area contributed by atoms with E-state index in [1.54, 1.807) is 17.0 Å². The number of hydrogen-bond acceptors (Lipinski definition) is 5. The van der Waals surface area contributed by atoms with Crippen LogP contribution in [0.15, 0.2) is 54.6 Å². The second-order valence-electron chi connectivity index (χ2n) is 6.30. The number of benzene rings is 2. The number of nitrogens with two attached hydrogens (primary N) is 1. The highest BCUT2D eigenvalue weighted by Gasteiger charge is 2.33. The van der Waals surface area contributed by atoms with Crippen LogP contribution in [0.3, 0.4) is 0 Å². The third-order valence-electron chi connectivity index (χ3n) is 4.58. The summed E-state index contributed by atoms with van der Waals surface area (Å²) >= 11 is 0. The van der Waals surface area contributed by atoms with Crippen LogP contribution in [0.2, 0.25) is 0 Å². The van der Waals surface area contributed by atoms with Crippen LogP contribution in [0.5, 0.6) is 5.75 Å². The fourth-order valence-corrected chi connectivity index (χ4v) is 3.22. The minimum Gasteiger partial charge on any atom is -0.486 e. The van der Waals surface area contributed by atoms with Gasteiger partial charge in [-0.3, -0.25) is 14.9 Å². The van der Waals surface area contributed by atoms with Crippen LogP contribution in [0.25, 0.3) is 0 Å². The Morgan fingerprint density at radius 2 is 1.85 bits per heavy atom. The van der Waals surface area contributed by atoms with Gasteiger partial charge >= 0.3 is 5.69 Å². The summed E-state index contributed by atoms with van der Waals surface area (Å²) < 4.78 is 5.45. The number of hydrogen-bond donors (Lipinski definition) is 1. The zero-order valence-corrected chi connectivity index (χ0v) is 14.3. The maximum absolute atomic E-state index is 12.4. The Kier molecular flexibility index (Phi) is 5.48. The van der Waals surface area contributed by atoms with Crippen molar-refractivity contribution >= 4 is 11.6 Å².